The van der Waals surface area contributed by atoms with Crippen molar-refractivity contribution in [2.24, 2.45) is 5.92 Å². The summed E-state index contributed by atoms with van der Waals surface area (Å²) in [7, 11) is 1.54. The van der Waals surface area contributed by atoms with Crippen LogP contribution >= 0.6 is 11.3 Å². The zero-order valence-corrected chi connectivity index (χ0v) is 21.4. The molecule has 0 radical (unpaired) electrons. The van der Waals surface area contributed by atoms with Gasteiger partial charge in [-0.25, -0.2) is 9.37 Å². The molecule has 37 heavy (non-hydrogen) atoms. The maximum absolute atomic E-state index is 14.8. The fourth-order valence-electron chi connectivity index (χ4n) is 4.51. The molecule has 1 unspecified atom stereocenters. The second kappa shape index (κ2) is 10.7. The van der Waals surface area contributed by atoms with Crippen LogP contribution in [-0.4, -0.2) is 28.2 Å². The number of benzene rings is 2. The van der Waals surface area contributed by atoms with Gasteiger partial charge >= 0.3 is 5.97 Å². The number of thiophene rings is 1. The average molecular weight is 519 g/mol. The summed E-state index contributed by atoms with van der Waals surface area (Å²) in [5, 5.41) is 11.3. The van der Waals surface area contributed by atoms with Crippen molar-refractivity contribution in [3.63, 3.8) is 0 Å². The van der Waals surface area contributed by atoms with Crippen molar-refractivity contribution < 1.29 is 23.8 Å². The van der Waals surface area contributed by atoms with E-state index in [1.807, 2.05) is 42.6 Å². The quantitative estimate of drug-likeness (QED) is 0.247. The maximum Gasteiger partial charge on any atom is 0.303 e. The normalized spacial score (nSPS) is 13.8. The molecule has 0 spiro atoms. The molecule has 1 aliphatic carbocycles. The van der Waals surface area contributed by atoms with Crippen LogP contribution in [0.3, 0.4) is 0 Å². The molecule has 6 nitrogen and oxygen atoms in total. The Morgan fingerprint density at radius 2 is 2.00 bits per heavy atom. The number of methoxy groups -OCH3 is 1. The van der Waals surface area contributed by atoms with Crippen LogP contribution in [0.15, 0.2) is 60.1 Å². The van der Waals surface area contributed by atoms with E-state index < -0.39 is 11.8 Å². The largest absolute Gasteiger partial charge is 0.497 e. The average Bonchev–Trinajstić information content (AvgIpc) is 3.66. The molecule has 5 rings (SSSR count). The first-order valence-corrected chi connectivity index (χ1v) is 13.0. The lowest BCUT2D eigenvalue weighted by atomic mass is 9.91. The van der Waals surface area contributed by atoms with Gasteiger partial charge in [0.15, 0.2) is 0 Å². The number of nitrogens with zero attached hydrogens (tertiary/aromatic N) is 2. The third kappa shape index (κ3) is 5.64. The minimum absolute atomic E-state index is 0.00806. The first-order chi connectivity index (χ1) is 17.9. The van der Waals surface area contributed by atoms with Gasteiger partial charge < -0.3 is 14.6 Å². The van der Waals surface area contributed by atoms with Crippen LogP contribution in [0.25, 0.3) is 21.8 Å². The van der Waals surface area contributed by atoms with Gasteiger partial charge in [0, 0.05) is 5.56 Å². The van der Waals surface area contributed by atoms with Crippen LogP contribution in [0.4, 0.5) is 4.39 Å². The van der Waals surface area contributed by atoms with Crippen LogP contribution < -0.4 is 9.47 Å². The van der Waals surface area contributed by atoms with Crippen molar-refractivity contribution in [2.75, 3.05) is 7.11 Å². The van der Waals surface area contributed by atoms with E-state index in [1.54, 1.807) is 18.3 Å². The summed E-state index contributed by atoms with van der Waals surface area (Å²) in [6, 6.07) is 14.2. The first kappa shape index (κ1) is 24.9. The zero-order chi connectivity index (χ0) is 25.9. The second-order valence-electron chi connectivity index (χ2n) is 9.24. The summed E-state index contributed by atoms with van der Waals surface area (Å²) in [4.78, 5) is 21.7. The van der Waals surface area contributed by atoms with E-state index in [1.165, 1.54) is 24.5 Å². The molecular weight excluding hydrogens is 491 g/mol. The molecule has 0 saturated heterocycles. The number of aromatic nitrogens is 2. The van der Waals surface area contributed by atoms with Crippen LogP contribution in [0, 0.1) is 18.7 Å². The zero-order valence-electron chi connectivity index (χ0n) is 20.6. The number of rotatable bonds is 10. The molecular formula is C29H27FN2O4S. The van der Waals surface area contributed by atoms with Crippen LogP contribution in [0.1, 0.15) is 42.0 Å². The second-order valence-corrected chi connectivity index (χ2v) is 10.2. The van der Waals surface area contributed by atoms with E-state index in [2.05, 4.69) is 4.98 Å². The molecule has 2 aromatic heterocycles. The van der Waals surface area contributed by atoms with Gasteiger partial charge in [-0.2, -0.15) is 0 Å². The molecule has 1 atom stereocenters. The van der Waals surface area contributed by atoms with Gasteiger partial charge in [0.1, 0.15) is 35.3 Å². The molecule has 1 fully saturated rings. The predicted octanol–water partition coefficient (Wildman–Crippen LogP) is 6.88. The third-order valence-electron chi connectivity index (χ3n) is 6.59. The number of aliphatic carboxylic acids is 1. The highest BCUT2D eigenvalue weighted by Gasteiger charge is 2.33. The van der Waals surface area contributed by atoms with Crippen molar-refractivity contribution in [2.45, 2.75) is 38.7 Å². The van der Waals surface area contributed by atoms with Crippen molar-refractivity contribution in [1.29, 1.82) is 0 Å². The highest BCUT2D eigenvalue weighted by Crippen LogP contribution is 2.45. The molecule has 0 amide bonds. The molecule has 1 saturated carbocycles. The topological polar surface area (TPSA) is 81.5 Å². The van der Waals surface area contributed by atoms with Gasteiger partial charge in [-0.05, 0) is 84.5 Å². The predicted molar refractivity (Wildman–Crippen MR) is 141 cm³/mol. The lowest BCUT2D eigenvalue weighted by molar-refractivity contribution is -0.137. The van der Waals surface area contributed by atoms with Crippen molar-refractivity contribution >= 4 is 17.3 Å². The molecule has 0 bridgehead atoms. The van der Waals surface area contributed by atoms with E-state index in [4.69, 9.17) is 14.5 Å². The molecule has 2 heterocycles. The fraction of sp³-hybridized carbons (Fsp3) is 0.276. The molecule has 0 aliphatic heterocycles. The number of carboxylic acid groups (broad SMARTS) is 1. The number of ether oxygens (including phenoxy) is 2. The molecule has 2 aromatic carbocycles. The summed E-state index contributed by atoms with van der Waals surface area (Å²) in [5.41, 5.74) is 3.95. The Labute approximate surface area is 218 Å². The van der Waals surface area contributed by atoms with Crippen LogP contribution in [0.2, 0.25) is 0 Å². The SMILES string of the molecule is COc1ccc(F)c(-c2ncc(COc3cccc(C(CC(=O)O)C4CC4)c3)nc2-c2sccc2C)c1. The van der Waals surface area contributed by atoms with Gasteiger partial charge in [0.25, 0.3) is 0 Å². The standard InChI is InChI=1S/C29H27FN2O4S/c1-17-10-11-37-29(17)28-27(24-13-21(35-2)8-9-25(24)30)31-15-20(32-28)16-36-22-5-3-4-19(12-22)23(14-26(33)34)18-6-7-18/h3-5,8-13,15,18,23H,6-7,14,16H2,1-2H3,(H,33,34). The number of halogens is 1. The Hall–Kier alpha value is -3.78. The molecule has 1 N–H and O–H groups in total. The number of hydrogen-bond donors (Lipinski definition) is 1. The van der Waals surface area contributed by atoms with Crippen LogP contribution in [0.5, 0.6) is 11.5 Å². The Morgan fingerprint density at radius 1 is 1.16 bits per heavy atom. The van der Waals surface area contributed by atoms with Gasteiger partial charge in [-0.1, -0.05) is 12.1 Å². The third-order valence-corrected chi connectivity index (χ3v) is 7.61. The van der Waals surface area contributed by atoms with Crippen molar-refractivity contribution in [3.05, 3.63) is 82.7 Å². The number of hydrogen-bond acceptors (Lipinski definition) is 6. The molecule has 4 aromatic rings. The smallest absolute Gasteiger partial charge is 0.303 e. The molecule has 190 valence electrons. The monoisotopic (exact) mass is 518 g/mol. The summed E-state index contributed by atoms with van der Waals surface area (Å²) in [6.45, 7) is 2.16. The molecule has 8 heteroatoms. The van der Waals surface area contributed by atoms with E-state index in [-0.39, 0.29) is 18.9 Å². The van der Waals surface area contributed by atoms with Crippen molar-refractivity contribution in [3.8, 4) is 33.3 Å². The summed E-state index contributed by atoms with van der Waals surface area (Å²) < 4.78 is 26.2. The van der Waals surface area contributed by atoms with Gasteiger partial charge in [-0.15, -0.1) is 11.3 Å². The Morgan fingerprint density at radius 3 is 2.70 bits per heavy atom. The number of carbonyl (C=O) groups is 1. The van der Waals surface area contributed by atoms with Gasteiger partial charge in [0.05, 0.1) is 30.3 Å². The number of carboxylic acids is 1. The summed E-state index contributed by atoms with van der Waals surface area (Å²) in [5.74, 6) is 0.393. The Kier molecular flexibility index (Phi) is 7.19. The van der Waals surface area contributed by atoms with E-state index >= 15 is 0 Å². The number of aryl methyl sites for hydroxylation is 1. The minimum atomic E-state index is -0.789. The van der Waals surface area contributed by atoms with E-state index in [0.29, 0.717) is 40.1 Å². The Bertz CT molecular complexity index is 1430. The fourth-order valence-corrected chi connectivity index (χ4v) is 5.43. The minimum Gasteiger partial charge on any atom is -0.497 e. The van der Waals surface area contributed by atoms with Gasteiger partial charge in [0.2, 0.25) is 0 Å². The van der Waals surface area contributed by atoms with E-state index in [9.17, 15) is 14.3 Å². The lowest BCUT2D eigenvalue weighted by Gasteiger charge is -2.16. The van der Waals surface area contributed by atoms with Crippen molar-refractivity contribution in [1.82, 2.24) is 9.97 Å². The maximum atomic E-state index is 14.8. The van der Waals surface area contributed by atoms with Gasteiger partial charge in [-0.3, -0.25) is 9.78 Å². The highest BCUT2D eigenvalue weighted by atomic mass is 32.1. The summed E-state index contributed by atoms with van der Waals surface area (Å²) in [6.07, 6.45) is 3.83. The van der Waals surface area contributed by atoms with E-state index in [0.717, 1.165) is 28.8 Å². The highest BCUT2D eigenvalue weighted by molar-refractivity contribution is 7.13. The lowest BCUT2D eigenvalue weighted by Crippen LogP contribution is -2.09. The summed E-state index contributed by atoms with van der Waals surface area (Å²) >= 11 is 1.52. The Balaban J connectivity index is 1.43. The van der Waals surface area contributed by atoms with Crippen LogP contribution in [-0.2, 0) is 11.4 Å². The molecule has 1 aliphatic rings. The first-order valence-electron chi connectivity index (χ1n) is 12.1.